The quantitative estimate of drug-likeness (QED) is 0.180. The van der Waals surface area contributed by atoms with Gasteiger partial charge in [-0.1, -0.05) is 36.4 Å². The van der Waals surface area contributed by atoms with Gasteiger partial charge in [-0.25, -0.2) is 4.79 Å². The van der Waals surface area contributed by atoms with E-state index in [1.807, 2.05) is 54.6 Å². The minimum atomic E-state index is -0.501. The smallest absolute Gasteiger partial charge is 0.341 e. The summed E-state index contributed by atoms with van der Waals surface area (Å²) < 4.78 is 5.30. The Bertz CT molecular complexity index is 1680. The van der Waals surface area contributed by atoms with Crippen molar-refractivity contribution in [1.29, 1.82) is 0 Å². The van der Waals surface area contributed by atoms with E-state index in [1.165, 1.54) is 30.0 Å². The number of nitrogens with one attached hydrogen (secondary N) is 2. The van der Waals surface area contributed by atoms with Crippen molar-refractivity contribution in [2.24, 2.45) is 0 Å². The van der Waals surface area contributed by atoms with Crippen molar-refractivity contribution < 1.29 is 23.9 Å². The highest BCUT2D eigenvalue weighted by Crippen LogP contribution is 2.38. The average Bonchev–Trinajstić information content (AvgIpc) is 3.34. The summed E-state index contributed by atoms with van der Waals surface area (Å²) in [6.45, 7) is 6.18. The third-order valence-electron chi connectivity index (χ3n) is 7.00. The van der Waals surface area contributed by atoms with Crippen LogP contribution in [0.4, 0.5) is 10.7 Å². The van der Waals surface area contributed by atoms with Crippen LogP contribution in [-0.4, -0.2) is 47.0 Å². The second-order valence-electron chi connectivity index (χ2n) is 9.91. The van der Waals surface area contributed by atoms with Crippen LogP contribution in [0.2, 0.25) is 0 Å². The molecule has 10 heteroatoms. The van der Waals surface area contributed by atoms with E-state index >= 15 is 0 Å². The SMILES string of the molecule is CCOC(=O)c1c(NC(=O)C(C)Sc2cccc(NC(=O)c3ccc4ccccc4c3)c2)sc2c1CCN(C(C)=O)C2. The Morgan fingerprint density at radius 3 is 2.55 bits per heavy atom. The van der Waals surface area contributed by atoms with Crippen LogP contribution in [0.1, 0.15) is 51.9 Å². The fourth-order valence-corrected chi connectivity index (χ4v) is 7.01. The van der Waals surface area contributed by atoms with E-state index in [9.17, 15) is 19.2 Å². The number of anilines is 2. The summed E-state index contributed by atoms with van der Waals surface area (Å²) in [5.74, 6) is -0.988. The predicted molar refractivity (Wildman–Crippen MR) is 167 cm³/mol. The van der Waals surface area contributed by atoms with Gasteiger partial charge in [-0.05, 0) is 66.9 Å². The van der Waals surface area contributed by atoms with E-state index in [-0.39, 0.29) is 24.3 Å². The lowest BCUT2D eigenvalue weighted by Gasteiger charge is -2.25. The summed E-state index contributed by atoms with van der Waals surface area (Å²) in [5.41, 5.74) is 2.39. The number of thioether (sulfide) groups is 1. The fourth-order valence-electron chi connectivity index (χ4n) is 4.83. The summed E-state index contributed by atoms with van der Waals surface area (Å²) >= 11 is 2.66. The molecule has 1 aliphatic heterocycles. The molecule has 1 unspecified atom stereocenters. The zero-order valence-electron chi connectivity index (χ0n) is 23.6. The first kappa shape index (κ1) is 29.3. The van der Waals surface area contributed by atoms with E-state index in [4.69, 9.17) is 4.74 Å². The third-order valence-corrected chi connectivity index (χ3v) is 9.23. The van der Waals surface area contributed by atoms with Gasteiger partial charge in [-0.3, -0.25) is 14.4 Å². The number of thiophene rings is 1. The van der Waals surface area contributed by atoms with E-state index in [2.05, 4.69) is 10.6 Å². The lowest BCUT2D eigenvalue weighted by Crippen LogP contribution is -2.34. The van der Waals surface area contributed by atoms with Gasteiger partial charge in [-0.15, -0.1) is 23.1 Å². The molecule has 0 bridgehead atoms. The van der Waals surface area contributed by atoms with Crippen LogP contribution in [-0.2, 0) is 27.3 Å². The van der Waals surface area contributed by atoms with Crippen LogP contribution < -0.4 is 10.6 Å². The Kier molecular flexibility index (Phi) is 8.94. The Morgan fingerprint density at radius 2 is 1.79 bits per heavy atom. The van der Waals surface area contributed by atoms with Crippen LogP contribution in [0.3, 0.4) is 0 Å². The molecule has 1 atom stereocenters. The lowest BCUT2D eigenvalue weighted by atomic mass is 10.0. The van der Waals surface area contributed by atoms with Gasteiger partial charge in [0.15, 0.2) is 0 Å². The maximum absolute atomic E-state index is 13.3. The Balaban J connectivity index is 1.27. The van der Waals surface area contributed by atoms with Gasteiger partial charge in [0.2, 0.25) is 11.8 Å². The zero-order valence-corrected chi connectivity index (χ0v) is 25.2. The molecule has 0 radical (unpaired) electrons. The molecule has 4 aromatic rings. The Morgan fingerprint density at radius 1 is 1.00 bits per heavy atom. The number of ether oxygens (including phenoxy) is 1. The number of benzene rings is 3. The normalized spacial score (nSPS) is 13.3. The van der Waals surface area contributed by atoms with Gasteiger partial charge in [-0.2, -0.15) is 0 Å². The minimum absolute atomic E-state index is 0.0296. The summed E-state index contributed by atoms with van der Waals surface area (Å²) in [7, 11) is 0. The number of hydrogen-bond acceptors (Lipinski definition) is 7. The molecule has 0 aliphatic carbocycles. The molecule has 1 aliphatic rings. The van der Waals surface area contributed by atoms with Crippen LogP contribution in [0, 0.1) is 0 Å². The highest BCUT2D eigenvalue weighted by molar-refractivity contribution is 8.00. The molecule has 0 spiro atoms. The molecule has 42 heavy (non-hydrogen) atoms. The number of carbonyl (C=O) groups excluding carboxylic acids is 4. The van der Waals surface area contributed by atoms with E-state index in [1.54, 1.807) is 30.9 Å². The maximum atomic E-state index is 13.3. The average molecular weight is 602 g/mol. The number of esters is 1. The van der Waals surface area contributed by atoms with Crippen LogP contribution >= 0.6 is 23.1 Å². The van der Waals surface area contributed by atoms with Gasteiger partial charge in [0.05, 0.1) is 24.0 Å². The topological polar surface area (TPSA) is 105 Å². The molecule has 0 saturated heterocycles. The van der Waals surface area contributed by atoms with Gasteiger partial charge >= 0.3 is 5.97 Å². The fraction of sp³-hybridized carbons (Fsp3) is 0.250. The molecular formula is C32H31N3O5S2. The van der Waals surface area contributed by atoms with Gasteiger partial charge in [0.25, 0.3) is 5.91 Å². The second-order valence-corrected chi connectivity index (χ2v) is 12.4. The molecule has 2 N–H and O–H groups in total. The number of fused-ring (bicyclic) bond motifs is 2. The summed E-state index contributed by atoms with van der Waals surface area (Å²) in [4.78, 5) is 54.4. The summed E-state index contributed by atoms with van der Waals surface area (Å²) in [5, 5.41) is 7.88. The monoisotopic (exact) mass is 601 g/mol. The molecule has 3 amide bonds. The van der Waals surface area contributed by atoms with Gasteiger partial charge in [0, 0.05) is 34.5 Å². The number of amides is 3. The molecule has 2 heterocycles. The van der Waals surface area contributed by atoms with Gasteiger partial charge in [0.1, 0.15) is 5.00 Å². The molecule has 8 nitrogen and oxygen atoms in total. The van der Waals surface area contributed by atoms with Crippen molar-refractivity contribution in [1.82, 2.24) is 4.90 Å². The van der Waals surface area contributed by atoms with Crippen LogP contribution in [0.15, 0.2) is 71.6 Å². The van der Waals surface area contributed by atoms with E-state index < -0.39 is 11.2 Å². The van der Waals surface area contributed by atoms with Crippen molar-refractivity contribution in [2.45, 2.75) is 43.9 Å². The number of hydrogen-bond donors (Lipinski definition) is 2. The first-order valence-electron chi connectivity index (χ1n) is 13.7. The zero-order chi connectivity index (χ0) is 29.8. The molecule has 3 aromatic carbocycles. The van der Waals surface area contributed by atoms with Crippen molar-refractivity contribution in [2.75, 3.05) is 23.8 Å². The van der Waals surface area contributed by atoms with Crippen molar-refractivity contribution in [3.63, 3.8) is 0 Å². The van der Waals surface area contributed by atoms with Crippen molar-refractivity contribution >= 4 is 68.3 Å². The van der Waals surface area contributed by atoms with E-state index in [0.29, 0.717) is 41.3 Å². The largest absolute Gasteiger partial charge is 0.462 e. The molecule has 5 rings (SSSR count). The van der Waals surface area contributed by atoms with Crippen LogP contribution in [0.25, 0.3) is 10.8 Å². The number of nitrogens with zero attached hydrogens (tertiary/aromatic N) is 1. The lowest BCUT2D eigenvalue weighted by molar-refractivity contribution is -0.129. The number of carbonyl (C=O) groups is 4. The molecule has 1 aromatic heterocycles. The first-order chi connectivity index (χ1) is 20.2. The summed E-state index contributed by atoms with van der Waals surface area (Å²) in [6, 6.07) is 20.8. The second kappa shape index (κ2) is 12.8. The number of rotatable bonds is 8. The highest BCUT2D eigenvalue weighted by atomic mass is 32.2. The van der Waals surface area contributed by atoms with Crippen molar-refractivity contribution in [3.8, 4) is 0 Å². The molecular weight excluding hydrogens is 571 g/mol. The maximum Gasteiger partial charge on any atom is 0.341 e. The van der Waals surface area contributed by atoms with E-state index in [0.717, 1.165) is 26.1 Å². The van der Waals surface area contributed by atoms with Crippen LogP contribution in [0.5, 0.6) is 0 Å². The van der Waals surface area contributed by atoms with Crippen molar-refractivity contribution in [3.05, 3.63) is 88.3 Å². The highest BCUT2D eigenvalue weighted by Gasteiger charge is 2.31. The minimum Gasteiger partial charge on any atom is -0.462 e. The Hall–Kier alpha value is -4.15. The summed E-state index contributed by atoms with van der Waals surface area (Å²) in [6.07, 6.45) is 0.525. The third kappa shape index (κ3) is 6.50. The predicted octanol–water partition coefficient (Wildman–Crippen LogP) is 6.35. The molecule has 216 valence electrons. The standard InChI is InChI=1S/C32H31N3O5S2/c1-4-40-32(39)28-26-14-15-35(20(3)36)18-27(26)42-31(28)34-29(37)19(2)41-25-11-7-10-24(17-25)33-30(38)23-13-12-21-8-5-6-9-22(21)16-23/h5-13,16-17,19H,4,14-15,18H2,1-3H3,(H,33,38)(H,34,37). The van der Waals surface area contributed by atoms with Gasteiger partial charge < -0.3 is 20.3 Å². The Labute approximate surface area is 252 Å². The molecule has 0 fully saturated rings. The molecule has 0 saturated carbocycles. The first-order valence-corrected chi connectivity index (χ1v) is 15.4.